The lowest BCUT2D eigenvalue weighted by Gasteiger charge is -2.13. The van der Waals surface area contributed by atoms with Gasteiger partial charge < -0.3 is 9.84 Å². The maximum atomic E-state index is 10.9. The lowest BCUT2D eigenvalue weighted by atomic mass is 9.94. The van der Waals surface area contributed by atoms with Gasteiger partial charge in [-0.25, -0.2) is 0 Å². The van der Waals surface area contributed by atoms with Crippen LogP contribution in [0.2, 0.25) is 0 Å². The number of carbonyl (C=O) groups excluding carboxylic acids is 1. The summed E-state index contributed by atoms with van der Waals surface area (Å²) in [6, 6.07) is 0. The molecule has 0 aliphatic rings. The standard InChI is InChI=1S/C10H16O4/c1-6(2)7(3)8(10(12)13)5-9(11)14-4/h8H,5H2,1-4H3,(H,12,13). The third-order valence-electron chi connectivity index (χ3n) is 2.21. The molecule has 0 heterocycles. The zero-order valence-electron chi connectivity index (χ0n) is 8.96. The molecule has 14 heavy (non-hydrogen) atoms. The first-order valence-electron chi connectivity index (χ1n) is 4.33. The van der Waals surface area contributed by atoms with E-state index >= 15 is 0 Å². The topological polar surface area (TPSA) is 63.6 Å². The second-order valence-corrected chi connectivity index (χ2v) is 3.35. The third kappa shape index (κ3) is 3.60. The SMILES string of the molecule is COC(=O)CC(C(=O)O)C(C)=C(C)C. The van der Waals surface area contributed by atoms with Gasteiger partial charge in [0.05, 0.1) is 19.4 Å². The van der Waals surface area contributed by atoms with E-state index in [1.54, 1.807) is 6.92 Å². The second kappa shape index (κ2) is 5.42. The first kappa shape index (κ1) is 12.7. The van der Waals surface area contributed by atoms with E-state index in [1.807, 2.05) is 13.8 Å². The Kier molecular flexibility index (Phi) is 4.91. The molecule has 1 unspecified atom stereocenters. The van der Waals surface area contributed by atoms with E-state index in [9.17, 15) is 9.59 Å². The fourth-order valence-electron chi connectivity index (χ4n) is 1.02. The smallest absolute Gasteiger partial charge is 0.311 e. The number of carboxylic acid groups (broad SMARTS) is 1. The summed E-state index contributed by atoms with van der Waals surface area (Å²) in [7, 11) is 1.25. The van der Waals surface area contributed by atoms with Crippen molar-refractivity contribution in [2.75, 3.05) is 7.11 Å². The molecule has 0 saturated heterocycles. The highest BCUT2D eigenvalue weighted by molar-refractivity contribution is 5.81. The molecule has 1 atom stereocenters. The maximum Gasteiger partial charge on any atom is 0.311 e. The fourth-order valence-corrected chi connectivity index (χ4v) is 1.02. The number of ether oxygens (including phenoxy) is 1. The third-order valence-corrected chi connectivity index (χ3v) is 2.21. The molecule has 4 nitrogen and oxygen atoms in total. The monoisotopic (exact) mass is 200 g/mol. The second-order valence-electron chi connectivity index (χ2n) is 3.35. The van der Waals surface area contributed by atoms with Gasteiger partial charge in [-0.2, -0.15) is 0 Å². The molecule has 0 bridgehead atoms. The summed E-state index contributed by atoms with van der Waals surface area (Å²) >= 11 is 0. The van der Waals surface area contributed by atoms with E-state index < -0.39 is 17.9 Å². The van der Waals surface area contributed by atoms with Crippen molar-refractivity contribution in [3.8, 4) is 0 Å². The van der Waals surface area contributed by atoms with Crippen molar-refractivity contribution in [1.29, 1.82) is 0 Å². The highest BCUT2D eigenvalue weighted by Crippen LogP contribution is 2.19. The number of aliphatic carboxylic acids is 1. The van der Waals surface area contributed by atoms with Crippen LogP contribution in [-0.4, -0.2) is 24.2 Å². The van der Waals surface area contributed by atoms with Gasteiger partial charge in [0.1, 0.15) is 0 Å². The van der Waals surface area contributed by atoms with Gasteiger partial charge in [-0.15, -0.1) is 0 Å². The molecule has 0 spiro atoms. The molecule has 0 aromatic rings. The van der Waals surface area contributed by atoms with Crippen LogP contribution in [0.5, 0.6) is 0 Å². The minimum absolute atomic E-state index is 0.108. The molecule has 0 aromatic carbocycles. The molecule has 0 fully saturated rings. The molecule has 80 valence electrons. The predicted molar refractivity (Wildman–Crippen MR) is 51.8 cm³/mol. The van der Waals surface area contributed by atoms with Crippen molar-refractivity contribution in [1.82, 2.24) is 0 Å². The van der Waals surface area contributed by atoms with Crippen LogP contribution in [0, 0.1) is 5.92 Å². The van der Waals surface area contributed by atoms with E-state index in [1.165, 1.54) is 7.11 Å². The first-order chi connectivity index (χ1) is 6.40. The summed E-state index contributed by atoms with van der Waals surface area (Å²) < 4.78 is 4.44. The molecule has 1 N–H and O–H groups in total. The normalized spacial score (nSPS) is 11.7. The van der Waals surface area contributed by atoms with Crippen LogP contribution in [0.4, 0.5) is 0 Å². The lowest BCUT2D eigenvalue weighted by Crippen LogP contribution is -2.20. The Bertz CT molecular complexity index is 261. The van der Waals surface area contributed by atoms with Gasteiger partial charge in [0.25, 0.3) is 0 Å². The van der Waals surface area contributed by atoms with Crippen molar-refractivity contribution >= 4 is 11.9 Å². The number of hydrogen-bond donors (Lipinski definition) is 1. The Hall–Kier alpha value is -1.32. The number of esters is 1. The molecule has 0 amide bonds. The molecule has 0 radical (unpaired) electrons. The van der Waals surface area contributed by atoms with Crippen molar-refractivity contribution in [2.24, 2.45) is 5.92 Å². The number of rotatable bonds is 4. The number of hydrogen-bond acceptors (Lipinski definition) is 3. The van der Waals surface area contributed by atoms with Crippen LogP contribution < -0.4 is 0 Å². The van der Waals surface area contributed by atoms with Crippen LogP contribution in [0.15, 0.2) is 11.1 Å². The number of carbonyl (C=O) groups is 2. The number of methoxy groups -OCH3 is 1. The zero-order valence-corrected chi connectivity index (χ0v) is 8.96. The van der Waals surface area contributed by atoms with E-state index in [4.69, 9.17) is 5.11 Å². The summed E-state index contributed by atoms with van der Waals surface area (Å²) in [6.45, 7) is 5.36. The molecule has 0 aliphatic heterocycles. The van der Waals surface area contributed by atoms with Crippen molar-refractivity contribution < 1.29 is 19.4 Å². The van der Waals surface area contributed by atoms with Crippen LogP contribution in [-0.2, 0) is 14.3 Å². The largest absolute Gasteiger partial charge is 0.481 e. The summed E-state index contributed by atoms with van der Waals surface area (Å²) in [5.74, 6) is -2.26. The van der Waals surface area contributed by atoms with Crippen molar-refractivity contribution in [3.05, 3.63) is 11.1 Å². The summed E-state index contributed by atoms with van der Waals surface area (Å²) in [6.07, 6.45) is -0.108. The molecular formula is C10H16O4. The van der Waals surface area contributed by atoms with Crippen LogP contribution in [0.1, 0.15) is 27.2 Å². The molecule has 0 aliphatic carbocycles. The van der Waals surface area contributed by atoms with E-state index in [-0.39, 0.29) is 6.42 Å². The van der Waals surface area contributed by atoms with E-state index in [0.29, 0.717) is 5.57 Å². The Morgan fingerprint density at radius 1 is 1.29 bits per heavy atom. The van der Waals surface area contributed by atoms with E-state index in [0.717, 1.165) is 5.57 Å². The van der Waals surface area contributed by atoms with Crippen LogP contribution in [0.3, 0.4) is 0 Å². The Morgan fingerprint density at radius 2 is 1.79 bits per heavy atom. The molecule has 0 rings (SSSR count). The van der Waals surface area contributed by atoms with Crippen molar-refractivity contribution in [3.63, 3.8) is 0 Å². The van der Waals surface area contributed by atoms with Crippen LogP contribution in [0.25, 0.3) is 0 Å². The first-order valence-corrected chi connectivity index (χ1v) is 4.33. The minimum atomic E-state index is -0.992. The van der Waals surface area contributed by atoms with Gasteiger partial charge in [-0.1, -0.05) is 11.1 Å². The van der Waals surface area contributed by atoms with Gasteiger partial charge in [0.2, 0.25) is 0 Å². The highest BCUT2D eigenvalue weighted by Gasteiger charge is 2.23. The molecular weight excluding hydrogens is 184 g/mol. The molecule has 0 saturated carbocycles. The fraction of sp³-hybridized carbons (Fsp3) is 0.600. The van der Waals surface area contributed by atoms with E-state index in [2.05, 4.69) is 4.74 Å². The number of allylic oxidation sites excluding steroid dienone is 1. The Morgan fingerprint density at radius 3 is 2.07 bits per heavy atom. The highest BCUT2D eigenvalue weighted by atomic mass is 16.5. The van der Waals surface area contributed by atoms with Crippen LogP contribution >= 0.6 is 0 Å². The van der Waals surface area contributed by atoms with Gasteiger partial charge in [-0.3, -0.25) is 9.59 Å². The minimum Gasteiger partial charge on any atom is -0.481 e. The maximum absolute atomic E-state index is 10.9. The Labute approximate surface area is 83.6 Å². The van der Waals surface area contributed by atoms with Gasteiger partial charge in [0.15, 0.2) is 0 Å². The lowest BCUT2D eigenvalue weighted by molar-refractivity contribution is -0.148. The average molecular weight is 200 g/mol. The van der Waals surface area contributed by atoms with Gasteiger partial charge >= 0.3 is 11.9 Å². The quantitative estimate of drug-likeness (QED) is 0.553. The molecule has 4 heteroatoms. The number of carboxylic acids is 1. The van der Waals surface area contributed by atoms with Gasteiger partial charge in [-0.05, 0) is 20.8 Å². The summed E-state index contributed by atoms with van der Waals surface area (Å²) in [5.41, 5.74) is 1.63. The summed E-state index contributed by atoms with van der Waals surface area (Å²) in [4.78, 5) is 21.8. The average Bonchev–Trinajstić information content (AvgIpc) is 2.11. The predicted octanol–water partition coefficient (Wildman–Crippen LogP) is 1.61. The zero-order chi connectivity index (χ0) is 11.3. The summed E-state index contributed by atoms with van der Waals surface area (Å²) in [5, 5.41) is 8.90. The molecule has 0 aromatic heterocycles. The van der Waals surface area contributed by atoms with Crippen molar-refractivity contribution in [2.45, 2.75) is 27.2 Å². The van der Waals surface area contributed by atoms with Gasteiger partial charge in [0, 0.05) is 0 Å². The Balaban J connectivity index is 4.71.